The average molecular weight is 491 g/mol. The van der Waals surface area contributed by atoms with E-state index in [-0.39, 0.29) is 16.3 Å². The van der Waals surface area contributed by atoms with Gasteiger partial charge in [0.25, 0.3) is 10.0 Å². The van der Waals surface area contributed by atoms with Crippen molar-refractivity contribution < 1.29 is 17.2 Å². The molecule has 2 aromatic rings. The summed E-state index contributed by atoms with van der Waals surface area (Å²) in [6, 6.07) is 5.12. The van der Waals surface area contributed by atoms with E-state index in [1.165, 1.54) is 12.1 Å². The van der Waals surface area contributed by atoms with E-state index < -0.39 is 31.7 Å². The summed E-state index contributed by atoms with van der Waals surface area (Å²) in [5.74, 6) is -2.21. The fourth-order valence-corrected chi connectivity index (χ4v) is 6.72. The van der Waals surface area contributed by atoms with Crippen LogP contribution < -0.4 is 9.62 Å². The highest BCUT2D eigenvalue weighted by Crippen LogP contribution is 2.52. The SMILES string of the molecule is CN(C)[C@@H]1CC[C@@]12CCN(c1cc(F)c(S(=O)(=O)Nc3cccc(F)n3)c(Cl)c1Cl)C2. The van der Waals surface area contributed by atoms with E-state index in [9.17, 15) is 12.8 Å². The van der Waals surface area contributed by atoms with Crippen LogP contribution in [-0.4, -0.2) is 51.5 Å². The molecule has 1 N–H and O–H groups in total. The molecule has 1 saturated carbocycles. The monoisotopic (exact) mass is 490 g/mol. The second kappa shape index (κ2) is 8.03. The predicted octanol–water partition coefficient (Wildman–Crippen LogP) is 4.39. The van der Waals surface area contributed by atoms with Crippen molar-refractivity contribution in [2.45, 2.75) is 30.2 Å². The largest absolute Gasteiger partial charge is 0.370 e. The van der Waals surface area contributed by atoms with Crippen LogP contribution in [0.1, 0.15) is 19.3 Å². The lowest BCUT2D eigenvalue weighted by Gasteiger charge is -2.50. The molecule has 0 bridgehead atoms. The van der Waals surface area contributed by atoms with Crippen LogP contribution in [0.3, 0.4) is 0 Å². The molecule has 2 atom stereocenters. The highest BCUT2D eigenvalue weighted by molar-refractivity contribution is 7.92. The molecule has 1 aromatic carbocycles. The van der Waals surface area contributed by atoms with Crippen molar-refractivity contribution in [1.82, 2.24) is 9.88 Å². The van der Waals surface area contributed by atoms with Gasteiger partial charge >= 0.3 is 0 Å². The van der Waals surface area contributed by atoms with Gasteiger partial charge < -0.3 is 9.80 Å². The van der Waals surface area contributed by atoms with Crippen LogP contribution in [-0.2, 0) is 10.0 Å². The van der Waals surface area contributed by atoms with Gasteiger partial charge in [0.1, 0.15) is 16.5 Å². The number of anilines is 2. The highest BCUT2D eigenvalue weighted by Gasteiger charge is 2.52. The second-order valence-corrected chi connectivity index (χ2v) is 10.7. The van der Waals surface area contributed by atoms with Gasteiger partial charge in [0.2, 0.25) is 5.95 Å². The summed E-state index contributed by atoms with van der Waals surface area (Å²) in [6.45, 7) is 1.38. The van der Waals surface area contributed by atoms with Crippen LogP contribution >= 0.6 is 23.2 Å². The molecule has 1 spiro atoms. The van der Waals surface area contributed by atoms with Crippen LogP contribution in [0.4, 0.5) is 20.3 Å². The number of sulfonamides is 1. The molecule has 1 aromatic heterocycles. The number of halogens is 4. The summed E-state index contributed by atoms with van der Waals surface area (Å²) in [5.41, 5.74) is 0.485. The Hall–Kier alpha value is -1.68. The second-order valence-electron chi connectivity index (χ2n) is 8.34. The molecule has 2 heterocycles. The van der Waals surface area contributed by atoms with Crippen LogP contribution in [0.2, 0.25) is 10.0 Å². The first kappa shape index (κ1) is 22.5. The zero-order chi connectivity index (χ0) is 22.6. The maximum Gasteiger partial charge on any atom is 0.267 e. The Morgan fingerprint density at radius 1 is 1.23 bits per heavy atom. The van der Waals surface area contributed by atoms with Crippen molar-refractivity contribution in [3.63, 3.8) is 0 Å². The molecule has 1 saturated heterocycles. The van der Waals surface area contributed by atoms with Gasteiger partial charge in [-0.1, -0.05) is 29.3 Å². The minimum Gasteiger partial charge on any atom is -0.370 e. The van der Waals surface area contributed by atoms with E-state index in [2.05, 4.69) is 24.0 Å². The van der Waals surface area contributed by atoms with Crippen molar-refractivity contribution in [2.75, 3.05) is 36.8 Å². The third-order valence-electron chi connectivity index (χ3n) is 6.29. The normalized spacial score (nSPS) is 23.5. The van der Waals surface area contributed by atoms with Crippen LogP contribution in [0, 0.1) is 17.2 Å². The van der Waals surface area contributed by atoms with Crippen molar-refractivity contribution in [3.8, 4) is 0 Å². The lowest BCUT2D eigenvalue weighted by atomic mass is 9.63. The standard InChI is InChI=1S/C20H22Cl2F2N4O2S/c1-27(2)14-6-7-20(14)8-9-28(11-20)13-10-12(23)19(18(22)17(13)21)31(29,30)26-16-5-3-4-15(24)25-16/h3-5,10,14H,6-9,11H2,1-2H3,(H,25,26)/t14-,20+/m1/s1. The summed E-state index contributed by atoms with van der Waals surface area (Å²) < 4.78 is 55.8. The number of nitrogens with zero attached hydrogens (tertiary/aromatic N) is 3. The molecular weight excluding hydrogens is 469 g/mol. The van der Waals surface area contributed by atoms with Crippen molar-refractivity contribution in [1.29, 1.82) is 0 Å². The molecule has 0 unspecified atom stereocenters. The molecule has 168 valence electrons. The third-order valence-corrected chi connectivity index (χ3v) is 8.68. The van der Waals surface area contributed by atoms with Gasteiger partial charge in [-0.05, 0) is 45.5 Å². The van der Waals surface area contributed by atoms with Crippen LogP contribution in [0.15, 0.2) is 29.2 Å². The lowest BCUT2D eigenvalue weighted by molar-refractivity contribution is 0.0177. The Bertz CT molecular complexity index is 1130. The van der Waals surface area contributed by atoms with Gasteiger partial charge in [-0.25, -0.2) is 17.8 Å². The first-order valence-electron chi connectivity index (χ1n) is 9.78. The molecule has 0 amide bonds. The highest BCUT2D eigenvalue weighted by atomic mass is 35.5. The van der Waals surface area contributed by atoms with Crippen LogP contribution in [0.25, 0.3) is 0 Å². The fraction of sp³-hybridized carbons (Fsp3) is 0.450. The fourth-order valence-electron chi connectivity index (χ4n) is 4.76. The van der Waals surface area contributed by atoms with Crippen molar-refractivity contribution >= 4 is 44.7 Å². The molecule has 4 rings (SSSR count). The summed E-state index contributed by atoms with van der Waals surface area (Å²) >= 11 is 12.7. The first-order valence-corrected chi connectivity index (χ1v) is 12.0. The molecule has 2 aliphatic rings. The molecule has 1 aliphatic heterocycles. The van der Waals surface area contributed by atoms with Gasteiger partial charge in [0.05, 0.1) is 15.7 Å². The van der Waals surface area contributed by atoms with E-state index in [1.807, 2.05) is 9.62 Å². The number of benzene rings is 1. The Morgan fingerprint density at radius 3 is 2.58 bits per heavy atom. The third kappa shape index (κ3) is 3.97. The van der Waals surface area contributed by atoms with E-state index in [1.54, 1.807) is 0 Å². The zero-order valence-electron chi connectivity index (χ0n) is 17.0. The van der Waals surface area contributed by atoms with Gasteiger partial charge in [-0.2, -0.15) is 4.39 Å². The number of hydrogen-bond donors (Lipinski definition) is 1. The number of aromatic nitrogens is 1. The van der Waals surface area contributed by atoms with Crippen molar-refractivity contribution in [3.05, 3.63) is 46.1 Å². The van der Waals surface area contributed by atoms with Gasteiger partial charge in [-0.15, -0.1) is 0 Å². The molecule has 11 heteroatoms. The minimum absolute atomic E-state index is 0.0339. The molecule has 31 heavy (non-hydrogen) atoms. The number of nitrogens with one attached hydrogen (secondary N) is 1. The van der Waals surface area contributed by atoms with Crippen molar-refractivity contribution in [2.24, 2.45) is 5.41 Å². The quantitative estimate of drug-likeness (QED) is 0.497. The maximum absolute atomic E-state index is 15.0. The number of hydrogen-bond acceptors (Lipinski definition) is 5. The van der Waals surface area contributed by atoms with Gasteiger partial charge in [0.15, 0.2) is 0 Å². The Morgan fingerprint density at radius 2 is 1.97 bits per heavy atom. The number of rotatable bonds is 5. The van der Waals surface area contributed by atoms with E-state index in [4.69, 9.17) is 23.2 Å². The Labute approximate surface area is 190 Å². The summed E-state index contributed by atoms with van der Waals surface area (Å²) in [5, 5.41) is -0.451. The topological polar surface area (TPSA) is 65.5 Å². The molecule has 0 radical (unpaired) electrons. The number of pyridine rings is 1. The van der Waals surface area contributed by atoms with Gasteiger partial charge in [0, 0.05) is 30.6 Å². The molecular formula is C20H22Cl2F2N4O2S. The maximum atomic E-state index is 15.0. The van der Waals surface area contributed by atoms with Crippen LogP contribution in [0.5, 0.6) is 0 Å². The Balaban J connectivity index is 1.64. The predicted molar refractivity (Wildman–Crippen MR) is 117 cm³/mol. The summed E-state index contributed by atoms with van der Waals surface area (Å²) in [4.78, 5) is 6.81. The lowest BCUT2D eigenvalue weighted by Crippen LogP contribution is -2.54. The summed E-state index contributed by atoms with van der Waals surface area (Å²) in [6.07, 6.45) is 3.14. The zero-order valence-corrected chi connectivity index (χ0v) is 19.3. The van der Waals surface area contributed by atoms with E-state index >= 15 is 4.39 Å². The molecule has 2 fully saturated rings. The van der Waals surface area contributed by atoms with E-state index in [0.717, 1.165) is 31.4 Å². The Kier molecular flexibility index (Phi) is 5.83. The minimum atomic E-state index is -4.49. The van der Waals surface area contributed by atoms with E-state index in [0.29, 0.717) is 24.8 Å². The van der Waals surface area contributed by atoms with Gasteiger partial charge in [-0.3, -0.25) is 4.72 Å². The first-order chi connectivity index (χ1) is 14.5. The average Bonchev–Trinajstić information content (AvgIpc) is 3.10. The molecule has 6 nitrogen and oxygen atoms in total. The molecule has 1 aliphatic carbocycles. The smallest absolute Gasteiger partial charge is 0.267 e. The summed E-state index contributed by atoms with van der Waals surface area (Å²) in [7, 11) is -0.379.